The Balaban J connectivity index is 1.63. The number of rotatable bonds is 3. The number of fused-ring (bicyclic) bond motifs is 5. The van der Waals surface area contributed by atoms with Gasteiger partial charge in [-0.1, -0.05) is 127 Å². The lowest BCUT2D eigenvalue weighted by Gasteiger charge is -2.21. The molecule has 8 aromatic rings. The molecule has 1 heterocycles. The summed E-state index contributed by atoms with van der Waals surface area (Å²) in [6.45, 7) is 0. The fraction of sp³-hybridized carbons (Fsp3) is 0. The highest BCUT2D eigenvalue weighted by molar-refractivity contribution is 6.28. The van der Waals surface area contributed by atoms with Crippen LogP contribution in [0.5, 0.6) is 0 Å². The summed E-state index contributed by atoms with van der Waals surface area (Å²) in [7, 11) is 0. The molecule has 0 saturated carbocycles. The van der Waals surface area contributed by atoms with Gasteiger partial charge in [0.1, 0.15) is 0 Å². The molecule has 186 valence electrons. The van der Waals surface area contributed by atoms with Crippen molar-refractivity contribution >= 4 is 43.2 Å². The topological polar surface area (TPSA) is 12.9 Å². The predicted molar refractivity (Wildman–Crippen MR) is 171 cm³/mol. The van der Waals surface area contributed by atoms with Crippen molar-refractivity contribution in [2.75, 3.05) is 0 Å². The zero-order valence-corrected chi connectivity index (χ0v) is 21.9. The summed E-state index contributed by atoms with van der Waals surface area (Å²) >= 11 is 0. The molecule has 0 bridgehead atoms. The van der Waals surface area contributed by atoms with E-state index in [0.29, 0.717) is 0 Å². The van der Waals surface area contributed by atoms with Crippen molar-refractivity contribution in [3.63, 3.8) is 0 Å². The molecule has 0 aliphatic heterocycles. The Hall–Kier alpha value is -5.27. The zero-order valence-electron chi connectivity index (χ0n) is 21.9. The minimum Gasteiger partial charge on any atom is -0.256 e. The lowest BCUT2D eigenvalue weighted by atomic mass is 9.82. The van der Waals surface area contributed by atoms with E-state index in [-0.39, 0.29) is 0 Å². The molecule has 0 radical (unpaired) electrons. The molecule has 1 nitrogen and oxygen atoms in total. The highest BCUT2D eigenvalue weighted by Gasteiger charge is 2.21. The van der Waals surface area contributed by atoms with Crippen LogP contribution < -0.4 is 0 Å². The first-order chi connectivity index (χ1) is 19.9. The van der Waals surface area contributed by atoms with Gasteiger partial charge in [-0.3, -0.25) is 4.98 Å². The van der Waals surface area contributed by atoms with Crippen LogP contribution in [0.1, 0.15) is 0 Å². The van der Waals surface area contributed by atoms with Crippen LogP contribution in [0.3, 0.4) is 0 Å². The average Bonchev–Trinajstić information content (AvgIpc) is 3.03. The van der Waals surface area contributed by atoms with E-state index < -0.39 is 0 Å². The first kappa shape index (κ1) is 22.7. The summed E-state index contributed by atoms with van der Waals surface area (Å²) < 4.78 is 0. The standard InChI is InChI=1S/C39H25N/c1-3-13-26(14-4-1)33-23-28-17-7-8-18-29(28)24-34(33)38-31-20-10-9-19-30(31)37(27-15-5-2-6-16-27)39-32-21-11-12-22-36(32)40-25-35(38)39/h1-25H. The fourth-order valence-electron chi connectivity index (χ4n) is 6.30. The first-order valence-corrected chi connectivity index (χ1v) is 13.7. The number of pyridine rings is 1. The monoisotopic (exact) mass is 507 g/mol. The molecule has 0 aliphatic carbocycles. The van der Waals surface area contributed by atoms with Crippen LogP contribution >= 0.6 is 0 Å². The van der Waals surface area contributed by atoms with Crippen molar-refractivity contribution < 1.29 is 0 Å². The van der Waals surface area contributed by atoms with Crippen molar-refractivity contribution in [3.05, 3.63) is 152 Å². The molecule has 0 unspecified atom stereocenters. The Morgan fingerprint density at radius 1 is 0.375 bits per heavy atom. The fourth-order valence-corrected chi connectivity index (χ4v) is 6.30. The lowest BCUT2D eigenvalue weighted by molar-refractivity contribution is 1.45. The van der Waals surface area contributed by atoms with Gasteiger partial charge in [-0.2, -0.15) is 0 Å². The summed E-state index contributed by atoms with van der Waals surface area (Å²) in [5.74, 6) is 0. The van der Waals surface area contributed by atoms with E-state index in [2.05, 4.69) is 152 Å². The van der Waals surface area contributed by atoms with Gasteiger partial charge in [0.05, 0.1) is 5.52 Å². The number of aromatic nitrogens is 1. The van der Waals surface area contributed by atoms with Gasteiger partial charge in [-0.25, -0.2) is 0 Å². The zero-order chi connectivity index (χ0) is 26.5. The summed E-state index contributed by atoms with van der Waals surface area (Å²) in [6, 6.07) is 52.3. The van der Waals surface area contributed by atoms with Gasteiger partial charge in [0.15, 0.2) is 0 Å². The molecule has 0 atom stereocenters. The highest BCUT2D eigenvalue weighted by Crippen LogP contribution is 2.48. The normalized spacial score (nSPS) is 11.5. The van der Waals surface area contributed by atoms with Crippen molar-refractivity contribution in [3.8, 4) is 33.4 Å². The van der Waals surface area contributed by atoms with Crippen LogP contribution in [0.15, 0.2) is 152 Å². The van der Waals surface area contributed by atoms with E-state index in [9.17, 15) is 0 Å². The van der Waals surface area contributed by atoms with Gasteiger partial charge in [0.2, 0.25) is 0 Å². The van der Waals surface area contributed by atoms with E-state index in [1.807, 2.05) is 0 Å². The van der Waals surface area contributed by atoms with Crippen molar-refractivity contribution in [2.45, 2.75) is 0 Å². The van der Waals surface area contributed by atoms with E-state index in [1.54, 1.807) is 0 Å². The molecule has 1 heteroatoms. The predicted octanol–water partition coefficient (Wildman–Crippen LogP) is 10.7. The van der Waals surface area contributed by atoms with E-state index >= 15 is 0 Å². The second kappa shape index (κ2) is 9.18. The average molecular weight is 508 g/mol. The van der Waals surface area contributed by atoms with Crippen LogP contribution in [-0.2, 0) is 0 Å². The summed E-state index contributed by atoms with van der Waals surface area (Å²) in [6.07, 6.45) is 2.09. The molecule has 0 saturated heterocycles. The molecule has 8 rings (SSSR count). The minimum absolute atomic E-state index is 1.01. The summed E-state index contributed by atoms with van der Waals surface area (Å²) in [5, 5.41) is 8.55. The molecule has 0 spiro atoms. The van der Waals surface area contributed by atoms with Gasteiger partial charge in [0, 0.05) is 22.4 Å². The van der Waals surface area contributed by atoms with E-state index in [4.69, 9.17) is 4.98 Å². The van der Waals surface area contributed by atoms with Crippen molar-refractivity contribution in [1.82, 2.24) is 4.98 Å². The maximum absolute atomic E-state index is 5.00. The Morgan fingerprint density at radius 2 is 0.900 bits per heavy atom. The van der Waals surface area contributed by atoms with Gasteiger partial charge in [0.25, 0.3) is 0 Å². The van der Waals surface area contributed by atoms with Crippen LogP contribution in [0, 0.1) is 0 Å². The Labute approximate surface area is 233 Å². The molecular weight excluding hydrogens is 482 g/mol. The van der Waals surface area contributed by atoms with Crippen LogP contribution in [0.25, 0.3) is 76.6 Å². The Kier molecular flexibility index (Phi) is 5.21. The van der Waals surface area contributed by atoms with Gasteiger partial charge in [-0.05, 0) is 73.1 Å². The largest absolute Gasteiger partial charge is 0.256 e. The smallest absolute Gasteiger partial charge is 0.0708 e. The molecule has 0 fully saturated rings. The minimum atomic E-state index is 1.01. The second-order valence-electron chi connectivity index (χ2n) is 10.3. The number of nitrogens with zero attached hydrogens (tertiary/aromatic N) is 1. The third-order valence-corrected chi connectivity index (χ3v) is 8.06. The van der Waals surface area contributed by atoms with Crippen molar-refractivity contribution in [1.29, 1.82) is 0 Å². The van der Waals surface area contributed by atoms with Gasteiger partial charge < -0.3 is 0 Å². The number of benzene rings is 7. The van der Waals surface area contributed by atoms with Crippen LogP contribution in [0.4, 0.5) is 0 Å². The Morgan fingerprint density at radius 3 is 1.60 bits per heavy atom. The van der Waals surface area contributed by atoms with Crippen molar-refractivity contribution in [2.24, 2.45) is 0 Å². The van der Waals surface area contributed by atoms with Gasteiger partial charge in [-0.15, -0.1) is 0 Å². The molecule has 1 aromatic heterocycles. The number of hydrogen-bond donors (Lipinski definition) is 0. The lowest BCUT2D eigenvalue weighted by Crippen LogP contribution is -1.95. The highest BCUT2D eigenvalue weighted by atomic mass is 14.7. The molecule has 7 aromatic carbocycles. The number of para-hydroxylation sites is 1. The van der Waals surface area contributed by atoms with E-state index in [1.165, 1.54) is 71.1 Å². The first-order valence-electron chi connectivity index (χ1n) is 13.7. The second-order valence-corrected chi connectivity index (χ2v) is 10.3. The molecule has 0 amide bonds. The number of hydrogen-bond acceptors (Lipinski definition) is 1. The Bertz CT molecular complexity index is 2200. The molecule has 40 heavy (non-hydrogen) atoms. The third kappa shape index (κ3) is 3.52. The quantitative estimate of drug-likeness (QED) is 0.171. The SMILES string of the molecule is c1ccc(-c2cc3ccccc3cc2-c2c3ccccc3c(-c3ccccc3)c3c2cnc2ccccc23)cc1. The summed E-state index contributed by atoms with van der Waals surface area (Å²) in [4.78, 5) is 5.00. The van der Waals surface area contributed by atoms with Crippen LogP contribution in [0.2, 0.25) is 0 Å². The molecule has 0 N–H and O–H groups in total. The maximum Gasteiger partial charge on any atom is 0.0708 e. The van der Waals surface area contributed by atoms with E-state index in [0.717, 1.165) is 5.52 Å². The molecule has 0 aliphatic rings. The summed E-state index contributed by atoms with van der Waals surface area (Å²) in [5.41, 5.74) is 8.38. The van der Waals surface area contributed by atoms with Crippen LogP contribution in [-0.4, -0.2) is 4.98 Å². The maximum atomic E-state index is 5.00. The van der Waals surface area contributed by atoms with Gasteiger partial charge >= 0.3 is 0 Å². The molecular formula is C39H25N. The third-order valence-electron chi connectivity index (χ3n) is 8.06.